The van der Waals surface area contributed by atoms with E-state index >= 15 is 0 Å². The van der Waals surface area contributed by atoms with Gasteiger partial charge in [-0.15, -0.1) is 5.10 Å². The zero-order chi connectivity index (χ0) is 31.8. The standard InChI is InChI=1S/C27H37FN6O9/c28-15-4-6-19-17-33(32-31-19)20-11-9-18(10-12-20)5-3-8-23(35)29-16-2-1-7-21(25(38)39)30-27(42)34(43)22(26(40)41)13-14-24(36)37/h9-12,17,21-22,43H,1-8,13-16H2,(H,29,35)(H,30,42)(H,36,37)(H,38,39)(H,40,41)/t21-,22-/m0/s1. The number of hydrogen-bond acceptors (Lipinski definition) is 8. The lowest BCUT2D eigenvalue weighted by Gasteiger charge is -2.24. The summed E-state index contributed by atoms with van der Waals surface area (Å²) in [6, 6.07) is 2.95. The quantitative estimate of drug-likeness (QED) is 0.0723. The third-order valence-corrected chi connectivity index (χ3v) is 6.44. The molecule has 3 amide bonds. The van der Waals surface area contributed by atoms with E-state index < -0.39 is 55.5 Å². The highest BCUT2D eigenvalue weighted by atomic mass is 19.1. The molecule has 43 heavy (non-hydrogen) atoms. The number of urea groups is 1. The van der Waals surface area contributed by atoms with E-state index in [0.29, 0.717) is 38.5 Å². The minimum atomic E-state index is -1.87. The molecule has 1 heterocycles. The molecule has 0 aliphatic heterocycles. The molecule has 0 saturated carbocycles. The largest absolute Gasteiger partial charge is 0.481 e. The molecule has 16 heteroatoms. The van der Waals surface area contributed by atoms with E-state index in [9.17, 15) is 38.7 Å². The maximum absolute atomic E-state index is 12.3. The molecule has 0 unspecified atom stereocenters. The van der Waals surface area contributed by atoms with Crippen LogP contribution in [0.5, 0.6) is 0 Å². The lowest BCUT2D eigenvalue weighted by atomic mass is 10.1. The van der Waals surface area contributed by atoms with Gasteiger partial charge < -0.3 is 26.0 Å². The van der Waals surface area contributed by atoms with Gasteiger partial charge in [0.2, 0.25) is 5.91 Å². The number of benzene rings is 1. The number of aliphatic carboxylic acids is 3. The van der Waals surface area contributed by atoms with Crippen molar-refractivity contribution >= 4 is 29.8 Å². The lowest BCUT2D eigenvalue weighted by Crippen LogP contribution is -2.52. The minimum Gasteiger partial charge on any atom is -0.481 e. The van der Waals surface area contributed by atoms with E-state index in [-0.39, 0.29) is 30.4 Å². The van der Waals surface area contributed by atoms with E-state index in [2.05, 4.69) is 15.6 Å². The van der Waals surface area contributed by atoms with Crippen molar-refractivity contribution in [2.75, 3.05) is 13.2 Å². The Balaban J connectivity index is 1.67. The Morgan fingerprint density at radius 2 is 1.63 bits per heavy atom. The Morgan fingerprint density at radius 1 is 0.907 bits per heavy atom. The van der Waals surface area contributed by atoms with Gasteiger partial charge >= 0.3 is 23.9 Å². The maximum atomic E-state index is 12.3. The second-order valence-corrected chi connectivity index (χ2v) is 9.78. The summed E-state index contributed by atoms with van der Waals surface area (Å²) in [6.07, 6.45) is 3.70. The summed E-state index contributed by atoms with van der Waals surface area (Å²) in [6.45, 7) is -0.125. The van der Waals surface area contributed by atoms with E-state index in [1.807, 2.05) is 29.6 Å². The van der Waals surface area contributed by atoms with Crippen molar-refractivity contribution in [2.45, 2.75) is 76.3 Å². The number of halogens is 1. The van der Waals surface area contributed by atoms with Crippen LogP contribution < -0.4 is 10.6 Å². The Labute approximate surface area is 246 Å². The van der Waals surface area contributed by atoms with Crippen molar-refractivity contribution in [3.63, 3.8) is 0 Å². The third-order valence-electron chi connectivity index (χ3n) is 6.44. The molecule has 0 aliphatic carbocycles. The molecule has 0 spiro atoms. The highest BCUT2D eigenvalue weighted by Gasteiger charge is 2.31. The molecule has 0 radical (unpaired) electrons. The van der Waals surface area contributed by atoms with E-state index in [0.717, 1.165) is 16.9 Å². The molecule has 6 N–H and O–H groups in total. The number of rotatable bonds is 20. The number of amides is 3. The molecule has 2 aromatic rings. The molecule has 0 bridgehead atoms. The lowest BCUT2D eigenvalue weighted by molar-refractivity contribution is -0.158. The van der Waals surface area contributed by atoms with Crippen LogP contribution >= 0.6 is 0 Å². The van der Waals surface area contributed by atoms with Gasteiger partial charge in [-0.3, -0.25) is 19.2 Å². The molecule has 0 fully saturated rings. The fourth-order valence-corrected chi connectivity index (χ4v) is 4.07. The number of carbonyl (C=O) groups excluding carboxylic acids is 2. The molecule has 236 valence electrons. The van der Waals surface area contributed by atoms with Crippen LogP contribution in [0.4, 0.5) is 9.18 Å². The second-order valence-electron chi connectivity index (χ2n) is 9.78. The monoisotopic (exact) mass is 608 g/mol. The van der Waals surface area contributed by atoms with Gasteiger partial charge in [0.1, 0.15) is 6.04 Å². The fourth-order valence-electron chi connectivity index (χ4n) is 4.07. The van der Waals surface area contributed by atoms with Crippen molar-refractivity contribution < 1.29 is 48.9 Å². The Morgan fingerprint density at radius 3 is 2.26 bits per heavy atom. The summed E-state index contributed by atoms with van der Waals surface area (Å²) < 4.78 is 14.0. The number of carboxylic acid groups (broad SMARTS) is 3. The molecule has 15 nitrogen and oxygen atoms in total. The summed E-state index contributed by atoms with van der Waals surface area (Å²) in [5, 5.41) is 49.7. The van der Waals surface area contributed by atoms with E-state index in [1.54, 1.807) is 10.9 Å². The topological polar surface area (TPSA) is 224 Å². The number of aryl methyl sites for hydroxylation is 2. The highest BCUT2D eigenvalue weighted by Crippen LogP contribution is 2.13. The molecule has 2 atom stereocenters. The molecule has 1 aromatic carbocycles. The van der Waals surface area contributed by atoms with Crippen LogP contribution in [0.1, 0.15) is 62.6 Å². The van der Waals surface area contributed by atoms with Crippen LogP contribution in [-0.4, -0.2) is 95.7 Å². The third kappa shape index (κ3) is 12.4. The maximum Gasteiger partial charge on any atom is 0.342 e. The predicted octanol–water partition coefficient (Wildman–Crippen LogP) is 1.95. The van der Waals surface area contributed by atoms with E-state index in [4.69, 9.17) is 10.2 Å². The van der Waals surface area contributed by atoms with Crippen LogP contribution in [-0.2, 0) is 32.0 Å². The minimum absolute atomic E-state index is 0.0544. The summed E-state index contributed by atoms with van der Waals surface area (Å²) >= 11 is 0. The zero-order valence-electron chi connectivity index (χ0n) is 23.5. The molecule has 2 rings (SSSR count). The van der Waals surface area contributed by atoms with Crippen molar-refractivity contribution in [1.82, 2.24) is 30.7 Å². The Hall–Kier alpha value is -4.60. The average molecular weight is 609 g/mol. The summed E-state index contributed by atoms with van der Waals surface area (Å²) in [7, 11) is 0. The van der Waals surface area contributed by atoms with Gasteiger partial charge in [-0.2, -0.15) is 5.06 Å². The zero-order valence-corrected chi connectivity index (χ0v) is 23.5. The number of carbonyl (C=O) groups is 5. The van der Waals surface area contributed by atoms with Crippen LogP contribution in [0, 0.1) is 0 Å². The first-order chi connectivity index (χ1) is 20.5. The van der Waals surface area contributed by atoms with Crippen molar-refractivity contribution in [3.05, 3.63) is 41.7 Å². The molecule has 0 saturated heterocycles. The number of unbranched alkanes of at least 4 members (excludes halogenated alkanes) is 1. The Kier molecular flexibility index (Phi) is 14.5. The number of nitrogens with zero attached hydrogens (tertiary/aromatic N) is 4. The average Bonchev–Trinajstić information content (AvgIpc) is 3.44. The summed E-state index contributed by atoms with van der Waals surface area (Å²) in [4.78, 5) is 57.8. The first-order valence-electron chi connectivity index (χ1n) is 13.8. The van der Waals surface area contributed by atoms with Gasteiger partial charge in [-0.1, -0.05) is 17.3 Å². The summed E-state index contributed by atoms with van der Waals surface area (Å²) in [5.41, 5.74) is 2.57. The van der Waals surface area contributed by atoms with Crippen LogP contribution in [0.15, 0.2) is 30.5 Å². The predicted molar refractivity (Wildman–Crippen MR) is 147 cm³/mol. The van der Waals surface area contributed by atoms with Gasteiger partial charge in [-0.05, 0) is 69.1 Å². The number of nitrogens with one attached hydrogen (secondary N) is 2. The molecular formula is C27H37FN6O9. The van der Waals surface area contributed by atoms with E-state index in [1.165, 1.54) is 0 Å². The first-order valence-corrected chi connectivity index (χ1v) is 13.8. The van der Waals surface area contributed by atoms with Gasteiger partial charge in [0.05, 0.1) is 24.3 Å². The fraction of sp³-hybridized carbons (Fsp3) is 0.519. The second kappa shape index (κ2) is 18.0. The van der Waals surface area contributed by atoms with Crippen LogP contribution in [0.25, 0.3) is 5.69 Å². The van der Waals surface area contributed by atoms with Gasteiger partial charge in [0.25, 0.3) is 0 Å². The number of hydrogen-bond donors (Lipinski definition) is 6. The van der Waals surface area contributed by atoms with Crippen LogP contribution in [0.3, 0.4) is 0 Å². The Bertz CT molecular complexity index is 1220. The smallest absolute Gasteiger partial charge is 0.342 e. The number of alkyl halides is 1. The van der Waals surface area contributed by atoms with Gasteiger partial charge in [0.15, 0.2) is 6.04 Å². The molecular weight excluding hydrogens is 571 g/mol. The highest BCUT2D eigenvalue weighted by molar-refractivity contribution is 5.85. The van der Waals surface area contributed by atoms with Gasteiger partial charge in [-0.25, -0.2) is 19.1 Å². The number of aromatic nitrogens is 3. The van der Waals surface area contributed by atoms with Crippen molar-refractivity contribution in [3.8, 4) is 5.69 Å². The number of hydroxylamine groups is 2. The van der Waals surface area contributed by atoms with Crippen LogP contribution in [0.2, 0.25) is 0 Å². The normalized spacial score (nSPS) is 12.2. The molecule has 1 aromatic heterocycles. The first kappa shape index (κ1) is 34.6. The van der Waals surface area contributed by atoms with Gasteiger partial charge in [0, 0.05) is 19.4 Å². The SMILES string of the molecule is O=C(O)CC[C@@H](C(=O)O)N(O)C(=O)N[C@@H](CCCCNC(=O)CCCc1ccc(-n2cc(CCCF)nn2)cc1)C(=O)O. The van der Waals surface area contributed by atoms with Crippen molar-refractivity contribution in [1.29, 1.82) is 0 Å². The van der Waals surface area contributed by atoms with Crippen molar-refractivity contribution in [2.24, 2.45) is 0 Å². The number of carboxylic acids is 3. The molecule has 0 aliphatic rings. The summed E-state index contributed by atoms with van der Waals surface area (Å²) in [5.74, 6) is -4.55.